The van der Waals surface area contributed by atoms with E-state index < -0.39 is 0 Å². The van der Waals surface area contributed by atoms with Crippen molar-refractivity contribution in [2.75, 3.05) is 10.6 Å². The normalized spacial score (nSPS) is 13.1. The van der Waals surface area contributed by atoms with E-state index in [1.165, 1.54) is 0 Å². The number of fused-ring (bicyclic) bond motifs is 2. The van der Waals surface area contributed by atoms with Gasteiger partial charge in [0, 0.05) is 29.5 Å². The van der Waals surface area contributed by atoms with Crippen LogP contribution < -0.4 is 10.6 Å². The lowest BCUT2D eigenvalue weighted by atomic mass is 10.1. The topological polar surface area (TPSA) is 59.0 Å². The third-order valence-corrected chi connectivity index (χ3v) is 4.95. The Kier molecular flexibility index (Phi) is 3.46. The van der Waals surface area contributed by atoms with Crippen molar-refractivity contribution in [1.29, 1.82) is 0 Å². The van der Waals surface area contributed by atoms with Crippen LogP contribution in [-0.4, -0.2) is 15.8 Å². The van der Waals surface area contributed by atoms with Gasteiger partial charge in [-0.15, -0.1) is 0 Å². The number of amides is 2. The first-order valence-electron chi connectivity index (χ1n) is 7.40. The number of carbonyl (C=O) groups is 1. The molecule has 116 valence electrons. The number of carbonyl (C=O) groups excluding carboxylic acids is 1. The summed E-state index contributed by atoms with van der Waals surface area (Å²) in [5.41, 5.74) is 3.00. The average molecular weight is 324 g/mol. The van der Waals surface area contributed by atoms with Gasteiger partial charge >= 0.3 is 6.03 Å². The Morgan fingerprint density at radius 3 is 2.87 bits per heavy atom. The molecule has 0 saturated carbocycles. The van der Waals surface area contributed by atoms with Crippen LogP contribution in [0, 0.1) is 0 Å². The minimum absolute atomic E-state index is 0.246. The zero-order valence-electron chi connectivity index (χ0n) is 12.7. The lowest BCUT2D eigenvalue weighted by molar-refractivity contribution is 0.262. The maximum atomic E-state index is 12.4. The van der Waals surface area contributed by atoms with Gasteiger partial charge in [0.25, 0.3) is 0 Å². The summed E-state index contributed by atoms with van der Waals surface area (Å²) in [6, 6.07) is 13.6. The molecule has 0 saturated heterocycles. The molecule has 3 aromatic rings. The van der Waals surface area contributed by atoms with Crippen molar-refractivity contribution in [2.45, 2.75) is 11.5 Å². The molecule has 0 unspecified atom stereocenters. The molecular weight excluding hydrogens is 308 g/mol. The highest BCUT2D eigenvalue weighted by Crippen LogP contribution is 2.34. The Morgan fingerprint density at radius 1 is 1.13 bits per heavy atom. The van der Waals surface area contributed by atoms with Crippen LogP contribution in [0.1, 0.15) is 11.3 Å². The van der Waals surface area contributed by atoms with Gasteiger partial charge in [-0.3, -0.25) is 10.00 Å². The van der Waals surface area contributed by atoms with Crippen LogP contribution in [0.25, 0.3) is 10.8 Å². The van der Waals surface area contributed by atoms with Gasteiger partial charge in [-0.05, 0) is 11.5 Å². The van der Waals surface area contributed by atoms with Gasteiger partial charge < -0.3 is 5.32 Å². The third kappa shape index (κ3) is 2.55. The van der Waals surface area contributed by atoms with E-state index in [0.717, 1.165) is 45.0 Å². The molecule has 2 amide bonds. The Labute approximate surface area is 138 Å². The molecule has 4 rings (SSSR count). The first-order valence-corrected chi connectivity index (χ1v) is 8.56. The smallest absolute Gasteiger partial charge is 0.307 e. The first-order chi connectivity index (χ1) is 11.2. The molecule has 0 atom stereocenters. The van der Waals surface area contributed by atoms with Gasteiger partial charge in [-0.1, -0.05) is 36.4 Å². The number of aromatic nitrogens is 2. The van der Waals surface area contributed by atoms with Gasteiger partial charge in [0.05, 0.1) is 11.4 Å². The molecule has 0 aliphatic carbocycles. The molecule has 5 nitrogen and oxygen atoms in total. The Hall–Kier alpha value is -2.47. The van der Waals surface area contributed by atoms with Crippen LogP contribution in [0.15, 0.2) is 42.5 Å². The molecule has 6 heteroatoms. The molecule has 2 aromatic carbocycles. The number of nitrogens with one attached hydrogen (secondary N) is 2. The van der Waals surface area contributed by atoms with Crippen LogP contribution >= 0.6 is 11.8 Å². The van der Waals surface area contributed by atoms with Crippen LogP contribution in [0.2, 0.25) is 0 Å². The summed E-state index contributed by atoms with van der Waals surface area (Å²) in [6.45, 7) is 0. The molecule has 1 aromatic heterocycles. The zero-order valence-corrected chi connectivity index (χ0v) is 13.5. The maximum Gasteiger partial charge on any atom is 0.324 e. The van der Waals surface area contributed by atoms with Gasteiger partial charge in [0.1, 0.15) is 5.82 Å². The second-order valence-corrected chi connectivity index (χ2v) is 6.48. The van der Waals surface area contributed by atoms with Gasteiger partial charge in [-0.25, -0.2) is 4.79 Å². The molecule has 1 aliphatic heterocycles. The number of urea groups is 1. The van der Waals surface area contributed by atoms with E-state index in [1.807, 2.05) is 61.3 Å². The first kappa shape index (κ1) is 14.1. The lowest BCUT2D eigenvalue weighted by Gasteiger charge is -2.11. The van der Waals surface area contributed by atoms with Crippen LogP contribution in [0.5, 0.6) is 0 Å². The van der Waals surface area contributed by atoms with E-state index >= 15 is 0 Å². The van der Waals surface area contributed by atoms with E-state index in [-0.39, 0.29) is 6.03 Å². The summed E-state index contributed by atoms with van der Waals surface area (Å²) < 4.78 is 1.74. The van der Waals surface area contributed by atoms with Gasteiger partial charge in [0.2, 0.25) is 0 Å². The Balaban J connectivity index is 1.59. The third-order valence-electron chi connectivity index (χ3n) is 3.98. The van der Waals surface area contributed by atoms with E-state index in [1.54, 1.807) is 4.68 Å². The van der Waals surface area contributed by atoms with Crippen molar-refractivity contribution >= 4 is 40.1 Å². The van der Waals surface area contributed by atoms with Crippen LogP contribution in [0.4, 0.5) is 16.3 Å². The SMILES string of the molecule is Cn1nc2c(c1NC(=O)Nc1cccc3ccccc13)CSC2. The fraction of sp³-hybridized carbons (Fsp3) is 0.176. The summed E-state index contributed by atoms with van der Waals surface area (Å²) in [7, 11) is 1.86. The molecule has 2 heterocycles. The van der Waals surface area contributed by atoms with Crippen molar-refractivity contribution in [2.24, 2.45) is 7.05 Å². The van der Waals surface area contributed by atoms with Gasteiger partial charge in [-0.2, -0.15) is 16.9 Å². The number of thioether (sulfide) groups is 1. The summed E-state index contributed by atoms with van der Waals surface area (Å²) in [4.78, 5) is 12.4. The minimum Gasteiger partial charge on any atom is -0.307 e. The predicted octanol–water partition coefficient (Wildman–Crippen LogP) is 3.96. The van der Waals surface area contributed by atoms with Crippen molar-refractivity contribution in [3.63, 3.8) is 0 Å². The van der Waals surface area contributed by atoms with Crippen molar-refractivity contribution < 1.29 is 4.79 Å². The fourth-order valence-corrected chi connectivity index (χ4v) is 3.93. The molecular formula is C17H16N4OS. The van der Waals surface area contributed by atoms with Crippen molar-refractivity contribution in [3.05, 3.63) is 53.7 Å². The number of nitrogens with zero attached hydrogens (tertiary/aromatic N) is 2. The molecule has 23 heavy (non-hydrogen) atoms. The van der Waals surface area contributed by atoms with Crippen molar-refractivity contribution in [3.8, 4) is 0 Å². The van der Waals surface area contributed by atoms with E-state index in [0.29, 0.717) is 0 Å². The summed E-state index contributed by atoms with van der Waals surface area (Å²) in [5.74, 6) is 2.59. The molecule has 1 aliphatic rings. The molecule has 2 N–H and O–H groups in total. The number of hydrogen-bond donors (Lipinski definition) is 2. The minimum atomic E-state index is -0.246. The lowest BCUT2D eigenvalue weighted by Crippen LogP contribution is -2.21. The number of aryl methyl sites for hydroxylation is 1. The summed E-state index contributed by atoms with van der Waals surface area (Å²) >= 11 is 1.82. The second-order valence-electron chi connectivity index (χ2n) is 5.50. The predicted molar refractivity (Wildman–Crippen MR) is 94.8 cm³/mol. The van der Waals surface area contributed by atoms with E-state index in [4.69, 9.17) is 0 Å². The maximum absolute atomic E-state index is 12.4. The van der Waals surface area contributed by atoms with Crippen LogP contribution in [-0.2, 0) is 18.6 Å². The zero-order chi connectivity index (χ0) is 15.8. The standard InChI is InChI=1S/C17H16N4OS/c1-21-16(13-9-23-10-15(13)20-21)19-17(22)18-14-8-4-6-11-5-2-3-7-12(11)14/h2-8H,9-10H2,1H3,(H2,18,19,22). The van der Waals surface area contributed by atoms with Gasteiger partial charge in [0.15, 0.2) is 0 Å². The average Bonchev–Trinajstić information content (AvgIpc) is 3.11. The summed E-state index contributed by atoms with van der Waals surface area (Å²) in [5, 5.41) is 12.5. The number of anilines is 2. The van der Waals surface area contributed by atoms with E-state index in [9.17, 15) is 4.79 Å². The Morgan fingerprint density at radius 2 is 1.96 bits per heavy atom. The monoisotopic (exact) mass is 324 g/mol. The molecule has 0 spiro atoms. The molecule has 0 radical (unpaired) electrons. The van der Waals surface area contributed by atoms with Crippen LogP contribution in [0.3, 0.4) is 0 Å². The quantitative estimate of drug-likeness (QED) is 0.750. The number of rotatable bonds is 2. The fourth-order valence-electron chi connectivity index (χ4n) is 2.89. The number of hydrogen-bond acceptors (Lipinski definition) is 3. The largest absolute Gasteiger partial charge is 0.324 e. The second kappa shape index (κ2) is 5.62. The highest BCUT2D eigenvalue weighted by molar-refractivity contribution is 7.98. The molecule has 0 bridgehead atoms. The summed E-state index contributed by atoms with van der Waals surface area (Å²) in [6.07, 6.45) is 0. The highest BCUT2D eigenvalue weighted by Gasteiger charge is 2.22. The van der Waals surface area contributed by atoms with Crippen molar-refractivity contribution in [1.82, 2.24) is 9.78 Å². The van der Waals surface area contributed by atoms with E-state index in [2.05, 4.69) is 15.7 Å². The highest BCUT2D eigenvalue weighted by atomic mass is 32.2. The molecule has 0 fully saturated rings. The Bertz CT molecular complexity index is 897. The number of benzene rings is 2.